The number of fused-ring (bicyclic) bond motifs is 2. The lowest BCUT2D eigenvalue weighted by molar-refractivity contribution is -0.218. The summed E-state index contributed by atoms with van der Waals surface area (Å²) in [7, 11) is 0. The van der Waals surface area contributed by atoms with Gasteiger partial charge in [0.05, 0.1) is 6.26 Å². The molecule has 0 aromatic heterocycles. The summed E-state index contributed by atoms with van der Waals surface area (Å²) in [6, 6.07) is 0. The van der Waals surface area contributed by atoms with Crippen LogP contribution in [0.3, 0.4) is 0 Å². The summed E-state index contributed by atoms with van der Waals surface area (Å²) in [6.07, 6.45) is 3.35. The Hall–Kier alpha value is -1.88. The summed E-state index contributed by atoms with van der Waals surface area (Å²) in [4.78, 5) is 0. The molecule has 0 bridgehead atoms. The number of rotatable bonds is 0. The Morgan fingerprint density at radius 3 is 3.06 bits per heavy atom. The molecule has 4 unspecified atom stereocenters. The first kappa shape index (κ1) is 10.3. The highest BCUT2D eigenvalue weighted by Gasteiger charge is 2.71. The molecule has 2 saturated heterocycles. The maximum absolute atomic E-state index is 9.80. The van der Waals surface area contributed by atoms with Crippen LogP contribution in [0.1, 0.15) is 6.92 Å². The third-order valence-electron chi connectivity index (χ3n) is 2.85. The summed E-state index contributed by atoms with van der Waals surface area (Å²) < 4.78 is 16.4. The Bertz CT molecular complexity index is 525. The molecule has 17 heavy (non-hydrogen) atoms. The molecule has 1 spiro atoms. The summed E-state index contributed by atoms with van der Waals surface area (Å²) in [5.41, 5.74) is 0. The van der Waals surface area contributed by atoms with Crippen molar-refractivity contribution in [2.45, 2.75) is 31.0 Å². The van der Waals surface area contributed by atoms with Crippen molar-refractivity contribution in [2.24, 2.45) is 0 Å². The second-order valence-electron chi connectivity index (χ2n) is 3.88. The summed E-state index contributed by atoms with van der Waals surface area (Å²) in [6.45, 7) is 1.72. The van der Waals surface area contributed by atoms with Crippen molar-refractivity contribution in [1.82, 2.24) is 0 Å². The maximum atomic E-state index is 9.80. The van der Waals surface area contributed by atoms with Crippen LogP contribution in [0, 0.1) is 23.7 Å². The quantitative estimate of drug-likeness (QED) is 0.480. The molecule has 0 radical (unpaired) electrons. The fourth-order valence-corrected chi connectivity index (χ4v) is 2.00. The van der Waals surface area contributed by atoms with Crippen LogP contribution in [0.4, 0.5) is 0 Å². The van der Waals surface area contributed by atoms with Gasteiger partial charge in [-0.15, -0.1) is 0 Å². The van der Waals surface area contributed by atoms with E-state index < -0.39 is 11.9 Å². The topological polar surface area (TPSA) is 51.2 Å². The van der Waals surface area contributed by atoms with Crippen LogP contribution in [0.5, 0.6) is 0 Å². The molecular formula is C13H10O4. The van der Waals surface area contributed by atoms with Gasteiger partial charge in [0.2, 0.25) is 0 Å². The zero-order valence-electron chi connectivity index (χ0n) is 9.14. The minimum absolute atomic E-state index is 0.159. The molecule has 0 aromatic carbocycles. The van der Waals surface area contributed by atoms with Crippen molar-refractivity contribution >= 4 is 0 Å². The molecule has 3 rings (SSSR count). The molecular weight excluding hydrogens is 220 g/mol. The van der Waals surface area contributed by atoms with Crippen LogP contribution in [0.2, 0.25) is 0 Å². The van der Waals surface area contributed by atoms with Crippen LogP contribution in [0.25, 0.3) is 0 Å². The van der Waals surface area contributed by atoms with Gasteiger partial charge in [-0.2, -0.15) is 0 Å². The van der Waals surface area contributed by atoms with Crippen molar-refractivity contribution in [3.63, 3.8) is 0 Å². The Morgan fingerprint density at radius 2 is 2.35 bits per heavy atom. The fourth-order valence-electron chi connectivity index (χ4n) is 2.00. The lowest BCUT2D eigenvalue weighted by Gasteiger charge is -2.27. The monoisotopic (exact) mass is 230 g/mol. The van der Waals surface area contributed by atoms with Crippen LogP contribution in [-0.2, 0) is 14.2 Å². The summed E-state index contributed by atoms with van der Waals surface area (Å²) in [5, 5.41) is 9.80. The molecule has 0 aromatic rings. The lowest BCUT2D eigenvalue weighted by atomic mass is 10.1. The molecule has 0 amide bonds. The third-order valence-corrected chi connectivity index (χ3v) is 2.85. The van der Waals surface area contributed by atoms with Crippen LogP contribution in [0.15, 0.2) is 24.2 Å². The van der Waals surface area contributed by atoms with E-state index in [1.807, 2.05) is 0 Å². The lowest BCUT2D eigenvalue weighted by Crippen LogP contribution is -2.44. The Balaban J connectivity index is 1.80. The van der Waals surface area contributed by atoms with E-state index in [1.165, 1.54) is 12.3 Å². The number of ether oxygens (including phenoxy) is 3. The van der Waals surface area contributed by atoms with Crippen molar-refractivity contribution in [1.29, 1.82) is 0 Å². The first-order chi connectivity index (χ1) is 8.28. The molecule has 0 saturated carbocycles. The number of aliphatic hydroxyl groups is 1. The number of hydrogen-bond donors (Lipinski definition) is 1. The molecule has 4 atom stereocenters. The van der Waals surface area contributed by atoms with Gasteiger partial charge < -0.3 is 19.3 Å². The molecule has 86 valence electrons. The van der Waals surface area contributed by atoms with E-state index in [9.17, 15) is 5.11 Å². The normalized spacial score (nSPS) is 42.0. The van der Waals surface area contributed by atoms with Crippen molar-refractivity contribution in [3.05, 3.63) is 24.2 Å². The van der Waals surface area contributed by atoms with E-state index in [1.54, 1.807) is 13.0 Å². The highest BCUT2D eigenvalue weighted by atomic mass is 16.8. The summed E-state index contributed by atoms with van der Waals surface area (Å²) >= 11 is 0. The Labute approximate surface area is 98.9 Å². The van der Waals surface area contributed by atoms with Gasteiger partial charge in [-0.25, -0.2) is 0 Å². The molecule has 4 nitrogen and oxygen atoms in total. The molecule has 4 heteroatoms. The highest BCUT2D eigenvalue weighted by Crippen LogP contribution is 2.52. The van der Waals surface area contributed by atoms with Gasteiger partial charge in [-0.3, -0.25) is 0 Å². The molecule has 0 aliphatic carbocycles. The van der Waals surface area contributed by atoms with Crippen molar-refractivity contribution in [2.75, 3.05) is 0 Å². The first-order valence-corrected chi connectivity index (χ1v) is 5.27. The Kier molecular flexibility index (Phi) is 2.16. The van der Waals surface area contributed by atoms with E-state index in [-0.39, 0.29) is 12.2 Å². The third kappa shape index (κ3) is 1.43. The largest absolute Gasteiger partial charge is 0.455 e. The van der Waals surface area contributed by atoms with E-state index in [2.05, 4.69) is 23.7 Å². The average molecular weight is 230 g/mol. The smallest absolute Gasteiger partial charge is 0.309 e. The first-order valence-electron chi connectivity index (χ1n) is 5.27. The highest BCUT2D eigenvalue weighted by molar-refractivity contribution is 5.36. The molecule has 1 N–H and O–H groups in total. The van der Waals surface area contributed by atoms with Gasteiger partial charge in [0.25, 0.3) is 0 Å². The van der Waals surface area contributed by atoms with Crippen LogP contribution < -0.4 is 0 Å². The zero-order chi connectivity index (χ0) is 11.9. The van der Waals surface area contributed by atoms with Gasteiger partial charge in [0.15, 0.2) is 18.3 Å². The van der Waals surface area contributed by atoms with E-state index in [0.717, 1.165) is 0 Å². The Morgan fingerprint density at radius 1 is 1.47 bits per heavy atom. The van der Waals surface area contributed by atoms with Gasteiger partial charge in [0.1, 0.15) is 5.76 Å². The van der Waals surface area contributed by atoms with E-state index >= 15 is 0 Å². The number of epoxide rings is 1. The SMILES string of the molecule is CC#CC#C/C=C1/OC2(OC=CC2O)C2OC12. The number of allylic oxidation sites excluding steroid dienone is 1. The zero-order valence-corrected chi connectivity index (χ0v) is 9.14. The summed E-state index contributed by atoms with van der Waals surface area (Å²) in [5.74, 6) is 10.2. The second-order valence-corrected chi connectivity index (χ2v) is 3.88. The van der Waals surface area contributed by atoms with E-state index in [4.69, 9.17) is 14.2 Å². The fraction of sp³-hybridized carbons (Fsp3) is 0.385. The van der Waals surface area contributed by atoms with Gasteiger partial charge in [-0.05, 0) is 24.8 Å². The molecule has 2 fully saturated rings. The minimum Gasteiger partial charge on any atom is -0.455 e. The minimum atomic E-state index is -1.10. The van der Waals surface area contributed by atoms with Gasteiger partial charge in [-0.1, -0.05) is 11.8 Å². The van der Waals surface area contributed by atoms with Gasteiger partial charge in [0, 0.05) is 6.08 Å². The van der Waals surface area contributed by atoms with Crippen LogP contribution >= 0.6 is 0 Å². The second kappa shape index (κ2) is 3.56. The molecule has 3 aliphatic rings. The van der Waals surface area contributed by atoms with Crippen molar-refractivity contribution < 1.29 is 19.3 Å². The molecule has 3 heterocycles. The number of aliphatic hydroxyl groups excluding tert-OH is 1. The standard InChI is InChI=1S/C13H10O4/c1-2-3-4-5-6-9-11-12(16-11)13(17-9)10(14)7-8-15-13/h6-8,10-12,14H,1H3/b9-6+. The average Bonchev–Trinajstić information content (AvgIpc) is 2.97. The maximum Gasteiger partial charge on any atom is 0.309 e. The van der Waals surface area contributed by atoms with Crippen molar-refractivity contribution in [3.8, 4) is 23.7 Å². The number of hydrogen-bond acceptors (Lipinski definition) is 4. The van der Waals surface area contributed by atoms with Crippen LogP contribution in [-0.4, -0.2) is 29.2 Å². The predicted molar refractivity (Wildman–Crippen MR) is 58.0 cm³/mol. The molecule has 3 aliphatic heterocycles. The van der Waals surface area contributed by atoms with Gasteiger partial charge >= 0.3 is 5.79 Å². The predicted octanol–water partition coefficient (Wildman–Crippen LogP) is 0.296. The van der Waals surface area contributed by atoms with E-state index in [0.29, 0.717) is 5.76 Å².